The topological polar surface area (TPSA) is 76.4 Å². The van der Waals surface area contributed by atoms with Gasteiger partial charge in [0, 0.05) is 23.7 Å². The molecule has 2 aromatic heterocycles. The summed E-state index contributed by atoms with van der Waals surface area (Å²) in [7, 11) is 3.37. The van der Waals surface area contributed by atoms with Crippen LogP contribution in [0, 0.1) is 13.8 Å². The molecule has 1 aromatic carbocycles. The minimum Gasteiger partial charge on any atom is -0.497 e. The minimum absolute atomic E-state index is 0.234. The number of aromatic nitrogens is 3. The lowest BCUT2D eigenvalue weighted by Gasteiger charge is -2.35. The van der Waals surface area contributed by atoms with E-state index in [1.165, 1.54) is 12.8 Å². The smallest absolute Gasteiger partial charge is 0.173 e. The summed E-state index contributed by atoms with van der Waals surface area (Å²) >= 11 is 0. The van der Waals surface area contributed by atoms with Crippen molar-refractivity contribution in [2.75, 3.05) is 20.8 Å². The van der Waals surface area contributed by atoms with E-state index in [-0.39, 0.29) is 6.04 Å². The van der Waals surface area contributed by atoms with Crippen molar-refractivity contribution in [2.24, 2.45) is 0 Å². The summed E-state index contributed by atoms with van der Waals surface area (Å²) in [6.45, 7) is 5.82. The maximum Gasteiger partial charge on any atom is 0.173 e. The molecule has 4 rings (SSSR count). The quantitative estimate of drug-likeness (QED) is 0.664. The van der Waals surface area contributed by atoms with Gasteiger partial charge in [0.15, 0.2) is 5.76 Å². The first-order valence-electron chi connectivity index (χ1n) is 10.0. The summed E-state index contributed by atoms with van der Waals surface area (Å²) in [6.07, 6.45) is 5.29. The zero-order chi connectivity index (χ0) is 20.4. The zero-order valence-corrected chi connectivity index (χ0v) is 17.5. The van der Waals surface area contributed by atoms with Gasteiger partial charge in [0.1, 0.15) is 11.5 Å². The second-order valence-electron chi connectivity index (χ2n) is 7.58. The van der Waals surface area contributed by atoms with Gasteiger partial charge >= 0.3 is 0 Å². The Morgan fingerprint density at radius 2 is 2.07 bits per heavy atom. The average molecular weight is 396 g/mol. The van der Waals surface area contributed by atoms with Gasteiger partial charge in [-0.3, -0.25) is 10.00 Å². The summed E-state index contributed by atoms with van der Waals surface area (Å²) in [5, 5.41) is 11.7. The number of methoxy groups -OCH3 is 2. The third-order valence-corrected chi connectivity index (χ3v) is 5.89. The third-order valence-electron chi connectivity index (χ3n) is 5.89. The number of hydrogen-bond acceptors (Lipinski definition) is 6. The molecule has 1 aliphatic rings. The van der Waals surface area contributed by atoms with Crippen LogP contribution in [0.3, 0.4) is 0 Å². The van der Waals surface area contributed by atoms with Gasteiger partial charge in [-0.25, -0.2) is 0 Å². The molecule has 154 valence electrons. The van der Waals surface area contributed by atoms with Crippen molar-refractivity contribution in [3.63, 3.8) is 0 Å². The molecule has 0 radical (unpaired) electrons. The van der Waals surface area contributed by atoms with Crippen LogP contribution in [0.4, 0.5) is 0 Å². The van der Waals surface area contributed by atoms with Crippen molar-refractivity contribution in [2.45, 2.75) is 45.7 Å². The first kappa shape index (κ1) is 19.5. The van der Waals surface area contributed by atoms with Crippen molar-refractivity contribution in [3.8, 4) is 22.8 Å². The number of nitrogens with one attached hydrogen (secondary N) is 1. The average Bonchev–Trinajstić information content (AvgIpc) is 3.35. The molecule has 3 aromatic rings. The first-order chi connectivity index (χ1) is 14.1. The lowest BCUT2D eigenvalue weighted by atomic mass is 9.95. The third kappa shape index (κ3) is 3.74. The fraction of sp³-hybridized carbons (Fsp3) is 0.455. The van der Waals surface area contributed by atoms with Crippen molar-refractivity contribution < 1.29 is 14.0 Å². The number of H-pyrrole nitrogens is 1. The molecule has 0 aliphatic carbocycles. The SMILES string of the molecule is COc1ccc(CN2CCCCC2c2[nH]ncc2-c2onc(C)c2C)c(OC)c1. The Labute approximate surface area is 171 Å². The van der Waals surface area contributed by atoms with Crippen LogP contribution in [0.5, 0.6) is 11.5 Å². The van der Waals surface area contributed by atoms with Gasteiger partial charge in [0.05, 0.1) is 43.4 Å². The van der Waals surface area contributed by atoms with E-state index in [0.717, 1.165) is 64.8 Å². The van der Waals surface area contributed by atoms with Crippen LogP contribution in [0.1, 0.15) is 47.8 Å². The van der Waals surface area contributed by atoms with Gasteiger partial charge in [-0.15, -0.1) is 0 Å². The van der Waals surface area contributed by atoms with Crippen molar-refractivity contribution in [1.82, 2.24) is 20.3 Å². The van der Waals surface area contributed by atoms with Crippen LogP contribution in [0.15, 0.2) is 28.9 Å². The van der Waals surface area contributed by atoms with Gasteiger partial charge in [-0.1, -0.05) is 17.6 Å². The van der Waals surface area contributed by atoms with E-state index in [1.807, 2.05) is 32.2 Å². The number of aryl methyl sites for hydroxylation is 1. The number of likely N-dealkylation sites (tertiary alicyclic amines) is 1. The summed E-state index contributed by atoms with van der Waals surface area (Å²) in [5.41, 5.74) is 5.22. The molecule has 0 bridgehead atoms. The highest BCUT2D eigenvalue weighted by molar-refractivity contribution is 5.64. The maximum atomic E-state index is 5.62. The van der Waals surface area contributed by atoms with Crippen molar-refractivity contribution in [3.05, 3.63) is 46.9 Å². The lowest BCUT2D eigenvalue weighted by molar-refractivity contribution is 0.136. The molecule has 1 fully saturated rings. The van der Waals surface area contributed by atoms with E-state index >= 15 is 0 Å². The van der Waals surface area contributed by atoms with Crippen LogP contribution in [0.25, 0.3) is 11.3 Å². The van der Waals surface area contributed by atoms with E-state index in [0.29, 0.717) is 0 Å². The number of ether oxygens (including phenoxy) is 2. The van der Waals surface area contributed by atoms with E-state index in [1.54, 1.807) is 14.2 Å². The molecule has 0 amide bonds. The predicted molar refractivity (Wildman–Crippen MR) is 110 cm³/mol. The van der Waals surface area contributed by atoms with Crippen LogP contribution in [-0.4, -0.2) is 41.0 Å². The summed E-state index contributed by atoms with van der Waals surface area (Å²) in [5.74, 6) is 2.45. The fourth-order valence-corrected chi connectivity index (χ4v) is 4.11. The molecule has 3 heterocycles. The Morgan fingerprint density at radius 3 is 2.79 bits per heavy atom. The van der Waals surface area contributed by atoms with Crippen LogP contribution in [0.2, 0.25) is 0 Å². The Balaban J connectivity index is 1.65. The first-order valence-corrected chi connectivity index (χ1v) is 10.0. The van der Waals surface area contributed by atoms with Crippen molar-refractivity contribution in [1.29, 1.82) is 0 Å². The zero-order valence-electron chi connectivity index (χ0n) is 17.5. The van der Waals surface area contributed by atoms with Crippen LogP contribution >= 0.6 is 0 Å². The molecule has 1 saturated heterocycles. The Kier molecular flexibility index (Phi) is 5.58. The van der Waals surface area contributed by atoms with E-state index < -0.39 is 0 Å². The predicted octanol–water partition coefficient (Wildman–Crippen LogP) is 4.43. The Morgan fingerprint density at radius 1 is 1.21 bits per heavy atom. The molecule has 1 aliphatic heterocycles. The highest BCUT2D eigenvalue weighted by atomic mass is 16.5. The summed E-state index contributed by atoms with van der Waals surface area (Å²) in [4.78, 5) is 2.49. The largest absolute Gasteiger partial charge is 0.497 e. The molecule has 7 heteroatoms. The number of nitrogens with zero attached hydrogens (tertiary/aromatic N) is 3. The molecule has 1 atom stereocenters. The number of aromatic amines is 1. The molecule has 1 N–H and O–H groups in total. The molecule has 29 heavy (non-hydrogen) atoms. The van der Waals surface area contributed by atoms with Crippen molar-refractivity contribution >= 4 is 0 Å². The molecular weight excluding hydrogens is 368 g/mol. The normalized spacial score (nSPS) is 17.4. The lowest BCUT2D eigenvalue weighted by Crippen LogP contribution is -2.33. The van der Waals surface area contributed by atoms with Crippen LogP contribution < -0.4 is 9.47 Å². The van der Waals surface area contributed by atoms with E-state index in [4.69, 9.17) is 14.0 Å². The van der Waals surface area contributed by atoms with E-state index in [9.17, 15) is 0 Å². The second-order valence-corrected chi connectivity index (χ2v) is 7.58. The fourth-order valence-electron chi connectivity index (χ4n) is 4.11. The van der Waals surface area contributed by atoms with Gasteiger partial charge in [-0.2, -0.15) is 5.10 Å². The molecule has 1 unspecified atom stereocenters. The number of piperidine rings is 1. The van der Waals surface area contributed by atoms with Crippen LogP contribution in [-0.2, 0) is 6.54 Å². The minimum atomic E-state index is 0.234. The van der Waals surface area contributed by atoms with Gasteiger partial charge in [-0.05, 0) is 39.3 Å². The monoisotopic (exact) mass is 396 g/mol. The highest BCUT2D eigenvalue weighted by Crippen LogP contribution is 2.38. The number of rotatable bonds is 6. The molecule has 0 saturated carbocycles. The number of hydrogen-bond donors (Lipinski definition) is 1. The maximum absolute atomic E-state index is 5.62. The summed E-state index contributed by atoms with van der Waals surface area (Å²) < 4.78 is 16.6. The van der Waals surface area contributed by atoms with E-state index in [2.05, 4.69) is 26.3 Å². The molecule has 7 nitrogen and oxygen atoms in total. The highest BCUT2D eigenvalue weighted by Gasteiger charge is 2.30. The molecule has 0 spiro atoms. The standard InChI is InChI=1S/C22H28N4O3/c1-14-15(2)25-29-22(14)18-12-23-24-21(18)19-7-5-6-10-26(19)13-16-8-9-17(27-3)11-20(16)28-4/h8-9,11-12,19H,5-7,10,13H2,1-4H3,(H,23,24). The summed E-state index contributed by atoms with van der Waals surface area (Å²) in [6, 6.07) is 6.24. The Hall–Kier alpha value is -2.80. The molecular formula is C22H28N4O3. The number of benzene rings is 1. The Bertz CT molecular complexity index is 978. The van der Waals surface area contributed by atoms with Gasteiger partial charge < -0.3 is 14.0 Å². The van der Waals surface area contributed by atoms with Gasteiger partial charge in [0.25, 0.3) is 0 Å². The second kappa shape index (κ2) is 8.29. The van der Waals surface area contributed by atoms with Gasteiger partial charge in [0.2, 0.25) is 0 Å².